The lowest BCUT2D eigenvalue weighted by Crippen LogP contribution is -2.38. The number of aliphatic hydroxyl groups excluding tert-OH is 1. The van der Waals surface area contributed by atoms with Crippen molar-refractivity contribution in [2.24, 2.45) is 5.92 Å². The van der Waals surface area contributed by atoms with Gasteiger partial charge in [-0.2, -0.15) is 5.10 Å². The molecule has 35 heavy (non-hydrogen) atoms. The minimum absolute atomic E-state index is 0.263. The molecule has 190 valence electrons. The van der Waals surface area contributed by atoms with Crippen molar-refractivity contribution < 1.29 is 19.0 Å². The van der Waals surface area contributed by atoms with E-state index in [1.54, 1.807) is 16.8 Å². The number of benzene rings is 2. The Morgan fingerprint density at radius 3 is 2.29 bits per heavy atom. The Labute approximate surface area is 208 Å². The molecule has 0 saturated heterocycles. The predicted molar refractivity (Wildman–Crippen MR) is 137 cm³/mol. The molecule has 7 heteroatoms. The number of aromatic nitrogens is 2. The summed E-state index contributed by atoms with van der Waals surface area (Å²) < 4.78 is 27.4. The third-order valence-electron chi connectivity index (χ3n) is 5.35. The molecule has 3 aromatic rings. The van der Waals surface area contributed by atoms with Gasteiger partial charge in [-0.3, -0.25) is 4.90 Å². The number of ether oxygens (including phenoxy) is 2. The van der Waals surface area contributed by atoms with Crippen LogP contribution < -0.4 is 4.74 Å². The van der Waals surface area contributed by atoms with Crippen molar-refractivity contribution in [3.05, 3.63) is 71.7 Å². The zero-order valence-corrected chi connectivity index (χ0v) is 21.7. The first-order valence-electron chi connectivity index (χ1n) is 12.1. The van der Waals surface area contributed by atoms with Gasteiger partial charge >= 0.3 is 0 Å². The van der Waals surface area contributed by atoms with Crippen LogP contribution in [0.15, 0.2) is 54.6 Å². The second-order valence-electron chi connectivity index (χ2n) is 10.3. The number of hydrogen-bond acceptors (Lipinski definition) is 5. The van der Waals surface area contributed by atoms with Gasteiger partial charge in [-0.25, -0.2) is 9.07 Å². The van der Waals surface area contributed by atoms with Gasteiger partial charge in [-0.05, 0) is 70.0 Å². The van der Waals surface area contributed by atoms with Crippen LogP contribution >= 0.6 is 0 Å². The first kappa shape index (κ1) is 26.9. The average molecular weight is 484 g/mol. The summed E-state index contributed by atoms with van der Waals surface area (Å²) in [4.78, 5) is 2.21. The normalized spacial score (nSPS) is 13.0. The number of hydrogen-bond donors (Lipinski definition) is 1. The molecule has 1 heterocycles. The molecule has 2 aromatic carbocycles. The standard InChI is InChI=1S/C28H38FN3O3/c1-20(2)16-31(17-24(33)19-34-28(4,5)6)18-26-21(3)30-32(23-10-8-7-9-11-23)27(26)35-25-14-12-22(29)13-15-25/h7-15,20,24,33H,16-19H2,1-6H3/t24-/m1/s1. The molecule has 0 aliphatic heterocycles. The SMILES string of the molecule is Cc1nn(-c2ccccc2)c(Oc2ccc(F)cc2)c1CN(CC(C)C)C[C@@H](O)COC(C)(C)C. The van der Waals surface area contributed by atoms with Gasteiger partial charge in [0.15, 0.2) is 0 Å². The molecule has 0 amide bonds. The Kier molecular flexibility index (Phi) is 9.05. The zero-order valence-electron chi connectivity index (χ0n) is 21.7. The summed E-state index contributed by atoms with van der Waals surface area (Å²) in [6.07, 6.45) is -0.626. The molecule has 0 radical (unpaired) electrons. The maximum Gasteiger partial charge on any atom is 0.227 e. The maximum atomic E-state index is 13.5. The highest BCUT2D eigenvalue weighted by atomic mass is 19.1. The highest BCUT2D eigenvalue weighted by Gasteiger charge is 2.24. The van der Waals surface area contributed by atoms with Crippen LogP contribution in [0.5, 0.6) is 11.6 Å². The fourth-order valence-electron chi connectivity index (χ4n) is 3.82. The van der Waals surface area contributed by atoms with Crippen LogP contribution in [0, 0.1) is 18.7 Å². The topological polar surface area (TPSA) is 59.8 Å². The highest BCUT2D eigenvalue weighted by Crippen LogP contribution is 2.32. The summed E-state index contributed by atoms with van der Waals surface area (Å²) in [5.41, 5.74) is 2.31. The van der Waals surface area contributed by atoms with Crippen LogP contribution in [0.1, 0.15) is 45.9 Å². The molecule has 0 bridgehead atoms. The number of rotatable bonds is 11. The number of aliphatic hydroxyl groups is 1. The summed E-state index contributed by atoms with van der Waals surface area (Å²) >= 11 is 0. The molecule has 1 N–H and O–H groups in total. The predicted octanol–water partition coefficient (Wildman–Crippen LogP) is 5.75. The summed E-state index contributed by atoms with van der Waals surface area (Å²) in [7, 11) is 0. The summed E-state index contributed by atoms with van der Waals surface area (Å²) in [6.45, 7) is 14.3. The summed E-state index contributed by atoms with van der Waals surface area (Å²) in [5.74, 6) is 1.19. The molecule has 3 rings (SSSR count). The molecule has 6 nitrogen and oxygen atoms in total. The molecular weight excluding hydrogens is 445 g/mol. The van der Waals surface area contributed by atoms with Crippen molar-refractivity contribution in [1.82, 2.24) is 14.7 Å². The molecule has 0 spiro atoms. The lowest BCUT2D eigenvalue weighted by molar-refractivity contribution is -0.0573. The third kappa shape index (κ3) is 8.16. The molecule has 1 aromatic heterocycles. The van der Waals surface area contributed by atoms with Gasteiger partial charge in [0, 0.05) is 19.6 Å². The molecular formula is C28H38FN3O3. The number of halogens is 1. The second-order valence-corrected chi connectivity index (χ2v) is 10.3. The lowest BCUT2D eigenvalue weighted by Gasteiger charge is -2.28. The van der Waals surface area contributed by atoms with E-state index in [4.69, 9.17) is 14.6 Å². The van der Waals surface area contributed by atoms with Gasteiger partial charge in [0.05, 0.1) is 35.3 Å². The second kappa shape index (κ2) is 11.8. The van der Waals surface area contributed by atoms with Crippen LogP contribution in [0.25, 0.3) is 5.69 Å². The van der Waals surface area contributed by atoms with Crippen molar-refractivity contribution in [2.75, 3.05) is 19.7 Å². The summed E-state index contributed by atoms with van der Waals surface area (Å²) in [6, 6.07) is 15.7. The van der Waals surface area contributed by atoms with Gasteiger partial charge in [-0.15, -0.1) is 0 Å². The highest BCUT2D eigenvalue weighted by molar-refractivity contribution is 5.43. The Morgan fingerprint density at radius 1 is 1.03 bits per heavy atom. The Balaban J connectivity index is 1.92. The first-order chi connectivity index (χ1) is 16.5. The monoisotopic (exact) mass is 483 g/mol. The van der Waals surface area contributed by atoms with E-state index < -0.39 is 6.10 Å². The van der Waals surface area contributed by atoms with E-state index in [1.165, 1.54) is 12.1 Å². The Hall–Kier alpha value is -2.74. The number of nitrogens with zero attached hydrogens (tertiary/aromatic N) is 3. The quantitative estimate of drug-likeness (QED) is 0.377. The van der Waals surface area contributed by atoms with Crippen molar-refractivity contribution >= 4 is 0 Å². The van der Waals surface area contributed by atoms with E-state index in [1.807, 2.05) is 58.0 Å². The van der Waals surface area contributed by atoms with Gasteiger partial charge < -0.3 is 14.6 Å². The van der Waals surface area contributed by atoms with Gasteiger partial charge in [0.25, 0.3) is 0 Å². The third-order valence-corrected chi connectivity index (χ3v) is 5.35. The number of aryl methyl sites for hydroxylation is 1. The fraction of sp³-hybridized carbons (Fsp3) is 0.464. The Bertz CT molecular complexity index is 1060. The van der Waals surface area contributed by atoms with Crippen LogP contribution in [-0.4, -0.2) is 51.2 Å². The molecule has 0 fully saturated rings. The zero-order chi connectivity index (χ0) is 25.6. The fourth-order valence-corrected chi connectivity index (χ4v) is 3.82. The van der Waals surface area contributed by atoms with Crippen LogP contribution in [0.2, 0.25) is 0 Å². The van der Waals surface area contributed by atoms with E-state index in [0.29, 0.717) is 30.6 Å². The summed E-state index contributed by atoms with van der Waals surface area (Å²) in [5, 5.41) is 15.5. The minimum Gasteiger partial charge on any atom is -0.439 e. The van der Waals surface area contributed by atoms with E-state index >= 15 is 0 Å². The first-order valence-corrected chi connectivity index (χ1v) is 12.1. The van der Waals surface area contributed by atoms with Crippen LogP contribution in [-0.2, 0) is 11.3 Å². The van der Waals surface area contributed by atoms with E-state index in [0.717, 1.165) is 23.5 Å². The smallest absolute Gasteiger partial charge is 0.227 e. The lowest BCUT2D eigenvalue weighted by atomic mass is 10.1. The van der Waals surface area contributed by atoms with E-state index in [-0.39, 0.29) is 18.0 Å². The molecule has 0 aliphatic carbocycles. The van der Waals surface area contributed by atoms with E-state index in [9.17, 15) is 9.50 Å². The van der Waals surface area contributed by atoms with Gasteiger partial charge in [0.2, 0.25) is 5.88 Å². The maximum absolute atomic E-state index is 13.5. The molecule has 0 saturated carbocycles. The van der Waals surface area contributed by atoms with Crippen molar-refractivity contribution in [1.29, 1.82) is 0 Å². The average Bonchev–Trinajstić information content (AvgIpc) is 3.08. The van der Waals surface area contributed by atoms with Crippen molar-refractivity contribution in [2.45, 2.75) is 59.8 Å². The van der Waals surface area contributed by atoms with E-state index in [2.05, 4.69) is 18.7 Å². The van der Waals surface area contributed by atoms with Crippen LogP contribution in [0.3, 0.4) is 0 Å². The van der Waals surface area contributed by atoms with Crippen molar-refractivity contribution in [3.8, 4) is 17.3 Å². The van der Waals surface area contributed by atoms with Gasteiger partial charge in [-0.1, -0.05) is 32.0 Å². The molecule has 0 aliphatic rings. The largest absolute Gasteiger partial charge is 0.439 e. The Morgan fingerprint density at radius 2 is 1.69 bits per heavy atom. The van der Waals surface area contributed by atoms with Crippen LogP contribution in [0.4, 0.5) is 4.39 Å². The molecule has 1 atom stereocenters. The number of para-hydroxylation sites is 1. The molecule has 0 unspecified atom stereocenters. The minimum atomic E-state index is -0.626. The van der Waals surface area contributed by atoms with Gasteiger partial charge in [0.1, 0.15) is 11.6 Å². The van der Waals surface area contributed by atoms with Crippen molar-refractivity contribution in [3.63, 3.8) is 0 Å².